The van der Waals surface area contributed by atoms with Crippen molar-refractivity contribution >= 4 is 0 Å². The highest BCUT2D eigenvalue weighted by molar-refractivity contribution is 5.23. The lowest BCUT2D eigenvalue weighted by molar-refractivity contribution is 0.121. The first-order valence-electron chi connectivity index (χ1n) is 9.49. The van der Waals surface area contributed by atoms with E-state index in [4.69, 9.17) is 9.26 Å². The summed E-state index contributed by atoms with van der Waals surface area (Å²) in [4.78, 5) is 9.75. The smallest absolute Gasteiger partial charge is 0.138 e. The maximum absolute atomic E-state index is 5.35. The van der Waals surface area contributed by atoms with E-state index in [-0.39, 0.29) is 0 Å². The molecule has 0 aliphatic carbocycles. The Morgan fingerprint density at radius 3 is 2.85 bits per heavy atom. The van der Waals surface area contributed by atoms with Gasteiger partial charge in [0.05, 0.1) is 18.5 Å². The van der Waals surface area contributed by atoms with Crippen molar-refractivity contribution in [2.45, 2.75) is 45.8 Å². The zero-order valence-electron chi connectivity index (χ0n) is 15.9. The van der Waals surface area contributed by atoms with Crippen LogP contribution in [0.25, 0.3) is 0 Å². The van der Waals surface area contributed by atoms with Crippen molar-refractivity contribution in [3.8, 4) is 5.75 Å². The summed E-state index contributed by atoms with van der Waals surface area (Å²) in [7, 11) is 1.71. The number of fused-ring (bicyclic) bond motifs is 4. The first-order chi connectivity index (χ1) is 12.6. The van der Waals surface area contributed by atoms with E-state index in [0.717, 1.165) is 61.5 Å². The Kier molecular flexibility index (Phi) is 4.96. The van der Waals surface area contributed by atoms with Gasteiger partial charge in [0.25, 0.3) is 0 Å². The minimum atomic E-state index is 0.585. The zero-order valence-corrected chi connectivity index (χ0v) is 15.9. The summed E-state index contributed by atoms with van der Waals surface area (Å²) < 4.78 is 10.7. The summed E-state index contributed by atoms with van der Waals surface area (Å²) >= 11 is 0. The van der Waals surface area contributed by atoms with E-state index < -0.39 is 0 Å². The molecule has 2 aromatic rings. The van der Waals surface area contributed by atoms with E-state index in [0.29, 0.717) is 6.04 Å². The third-order valence-corrected chi connectivity index (χ3v) is 5.85. The average molecular weight is 356 g/mol. The van der Waals surface area contributed by atoms with Crippen LogP contribution in [0.3, 0.4) is 0 Å². The monoisotopic (exact) mass is 356 g/mol. The number of aromatic nitrogens is 2. The molecule has 0 radical (unpaired) electrons. The summed E-state index contributed by atoms with van der Waals surface area (Å²) in [5.41, 5.74) is 3.37. The number of ether oxygens (including phenoxy) is 1. The number of pyridine rings is 1. The minimum absolute atomic E-state index is 0.585. The maximum atomic E-state index is 5.35. The third-order valence-electron chi connectivity index (χ3n) is 5.85. The fourth-order valence-corrected chi connectivity index (χ4v) is 4.43. The summed E-state index contributed by atoms with van der Waals surface area (Å²) in [6, 6.07) is 4.55. The van der Waals surface area contributed by atoms with Crippen molar-refractivity contribution in [3.05, 3.63) is 41.0 Å². The highest BCUT2D eigenvalue weighted by Crippen LogP contribution is 2.30. The molecular formula is C20H28N4O2. The fraction of sp³-hybridized carbons (Fsp3) is 0.600. The average Bonchev–Trinajstić information content (AvgIpc) is 2.82. The predicted octanol–water partition coefficient (Wildman–Crippen LogP) is 2.79. The Labute approximate surface area is 155 Å². The SMILES string of the molecule is COc1ccnc(CN2C[C@H]3CC[C@@H]2CN(Cc2c(C)noc2C)C3)c1. The van der Waals surface area contributed by atoms with Gasteiger partial charge >= 0.3 is 0 Å². The van der Waals surface area contributed by atoms with Gasteiger partial charge < -0.3 is 9.26 Å². The molecule has 2 aromatic heterocycles. The Bertz CT molecular complexity index is 741. The molecule has 0 saturated carbocycles. The lowest BCUT2D eigenvalue weighted by Crippen LogP contribution is -2.43. The molecule has 3 saturated heterocycles. The second-order valence-corrected chi connectivity index (χ2v) is 7.71. The quantitative estimate of drug-likeness (QED) is 0.821. The molecule has 5 rings (SSSR count). The molecule has 26 heavy (non-hydrogen) atoms. The first-order valence-corrected chi connectivity index (χ1v) is 9.49. The normalized spacial score (nSPS) is 24.0. The molecule has 2 atom stereocenters. The molecular weight excluding hydrogens is 328 g/mol. The molecule has 5 heterocycles. The van der Waals surface area contributed by atoms with Gasteiger partial charge in [-0.1, -0.05) is 5.16 Å². The standard InChI is InChI=1S/C20H28N4O2/c1-14-20(15(2)26-22-14)13-23-9-16-4-5-18(12-23)24(10-16)11-17-8-19(25-3)6-7-21-17/h6-8,16,18H,4-5,9-13H2,1-3H3/t16-,18+/m0/s1. The zero-order chi connectivity index (χ0) is 18.1. The van der Waals surface area contributed by atoms with E-state index >= 15 is 0 Å². The molecule has 3 aliphatic heterocycles. The van der Waals surface area contributed by atoms with Gasteiger partial charge in [0, 0.05) is 56.6 Å². The lowest BCUT2D eigenvalue weighted by atomic mass is 9.95. The topological polar surface area (TPSA) is 54.6 Å². The number of rotatable bonds is 5. The molecule has 2 bridgehead atoms. The van der Waals surface area contributed by atoms with Gasteiger partial charge in [0.15, 0.2) is 0 Å². The van der Waals surface area contributed by atoms with Gasteiger partial charge in [-0.3, -0.25) is 14.8 Å². The second-order valence-electron chi connectivity index (χ2n) is 7.71. The van der Waals surface area contributed by atoms with Crippen molar-refractivity contribution in [2.24, 2.45) is 5.92 Å². The van der Waals surface area contributed by atoms with Gasteiger partial charge in [0.2, 0.25) is 0 Å². The highest BCUT2D eigenvalue weighted by atomic mass is 16.5. The van der Waals surface area contributed by atoms with Crippen LogP contribution in [0.15, 0.2) is 22.9 Å². The lowest BCUT2D eigenvalue weighted by Gasteiger charge is -2.36. The van der Waals surface area contributed by atoms with Crippen molar-refractivity contribution in [1.82, 2.24) is 19.9 Å². The largest absolute Gasteiger partial charge is 0.497 e. The Morgan fingerprint density at radius 2 is 2.08 bits per heavy atom. The van der Waals surface area contributed by atoms with E-state index in [9.17, 15) is 0 Å². The van der Waals surface area contributed by atoms with Crippen molar-refractivity contribution < 1.29 is 9.26 Å². The van der Waals surface area contributed by atoms with Gasteiger partial charge in [-0.2, -0.15) is 0 Å². The summed E-state index contributed by atoms with van der Waals surface area (Å²) in [6.45, 7) is 9.31. The molecule has 0 amide bonds. The predicted molar refractivity (Wildman–Crippen MR) is 99.0 cm³/mol. The van der Waals surface area contributed by atoms with E-state index in [1.807, 2.05) is 26.1 Å². The van der Waals surface area contributed by atoms with Crippen LogP contribution < -0.4 is 4.74 Å². The minimum Gasteiger partial charge on any atom is -0.497 e. The maximum Gasteiger partial charge on any atom is 0.138 e. The van der Waals surface area contributed by atoms with E-state index in [1.54, 1.807) is 7.11 Å². The second kappa shape index (κ2) is 7.37. The number of piperidine rings is 1. The molecule has 3 fully saturated rings. The highest BCUT2D eigenvalue weighted by Gasteiger charge is 2.35. The number of nitrogens with zero attached hydrogens (tertiary/aromatic N) is 4. The molecule has 0 aromatic carbocycles. The van der Waals surface area contributed by atoms with Crippen molar-refractivity contribution in [3.63, 3.8) is 0 Å². The van der Waals surface area contributed by atoms with Crippen LogP contribution in [-0.2, 0) is 13.1 Å². The molecule has 6 nitrogen and oxygen atoms in total. The van der Waals surface area contributed by atoms with Gasteiger partial charge in [-0.15, -0.1) is 0 Å². The summed E-state index contributed by atoms with van der Waals surface area (Å²) in [6.07, 6.45) is 4.44. The summed E-state index contributed by atoms with van der Waals surface area (Å²) in [5, 5.41) is 4.11. The van der Waals surface area contributed by atoms with Crippen molar-refractivity contribution in [1.29, 1.82) is 0 Å². The Balaban J connectivity index is 1.46. The third kappa shape index (κ3) is 3.62. The first kappa shape index (κ1) is 17.5. The van der Waals surface area contributed by atoms with Crippen LogP contribution in [0.2, 0.25) is 0 Å². The Morgan fingerprint density at radius 1 is 1.19 bits per heavy atom. The van der Waals surface area contributed by atoms with Crippen LogP contribution in [0.4, 0.5) is 0 Å². The molecule has 0 unspecified atom stereocenters. The molecule has 6 heteroatoms. The summed E-state index contributed by atoms with van der Waals surface area (Å²) in [5.74, 6) is 2.56. The van der Waals surface area contributed by atoms with Gasteiger partial charge in [0.1, 0.15) is 11.5 Å². The van der Waals surface area contributed by atoms with Crippen LogP contribution >= 0.6 is 0 Å². The number of hydrogen-bond acceptors (Lipinski definition) is 6. The van der Waals surface area contributed by atoms with Crippen molar-refractivity contribution in [2.75, 3.05) is 26.7 Å². The molecule has 3 aliphatic rings. The van der Waals surface area contributed by atoms with E-state index in [1.165, 1.54) is 18.4 Å². The molecule has 0 spiro atoms. The Hall–Kier alpha value is -1.92. The number of methoxy groups -OCH3 is 1. The molecule has 0 N–H and O–H groups in total. The number of hydrogen-bond donors (Lipinski definition) is 0. The fourth-order valence-electron chi connectivity index (χ4n) is 4.43. The molecule has 140 valence electrons. The van der Waals surface area contributed by atoms with E-state index in [2.05, 4.69) is 26.0 Å². The van der Waals surface area contributed by atoms with Gasteiger partial charge in [-0.25, -0.2) is 0 Å². The van der Waals surface area contributed by atoms with Crippen LogP contribution in [-0.4, -0.2) is 52.7 Å². The van der Waals surface area contributed by atoms with Gasteiger partial charge in [-0.05, 0) is 38.7 Å². The van der Waals surface area contributed by atoms with Crippen LogP contribution in [0, 0.1) is 19.8 Å². The van der Waals surface area contributed by atoms with Crippen LogP contribution in [0.5, 0.6) is 5.75 Å². The number of aryl methyl sites for hydroxylation is 2. The van der Waals surface area contributed by atoms with Crippen LogP contribution in [0.1, 0.15) is 35.6 Å².